The summed E-state index contributed by atoms with van der Waals surface area (Å²) >= 11 is 0. The predicted octanol–water partition coefficient (Wildman–Crippen LogP) is 3.54. The first-order chi connectivity index (χ1) is 15.1. The highest BCUT2D eigenvalue weighted by Crippen LogP contribution is 2.31. The number of aromatic nitrogens is 2. The van der Waals surface area contributed by atoms with Crippen LogP contribution in [0, 0.1) is 0 Å². The van der Waals surface area contributed by atoms with Gasteiger partial charge < -0.3 is 24.3 Å². The maximum Gasteiger partial charge on any atom is 0.225 e. The number of para-hydroxylation sites is 1. The Morgan fingerprint density at radius 1 is 0.935 bits per heavy atom. The molecule has 0 spiro atoms. The van der Waals surface area contributed by atoms with E-state index in [1.54, 1.807) is 45.4 Å². The molecule has 8 nitrogen and oxygen atoms in total. The molecule has 1 aromatic heterocycles. The average molecular weight is 425 g/mol. The van der Waals surface area contributed by atoms with Crippen molar-refractivity contribution in [2.75, 3.05) is 33.8 Å². The first-order valence-electron chi connectivity index (χ1n) is 9.82. The number of aryl methyl sites for hydroxylation is 1. The van der Waals surface area contributed by atoms with E-state index >= 15 is 0 Å². The fraction of sp³-hybridized carbons (Fsp3) is 0.304. The lowest BCUT2D eigenvalue weighted by atomic mass is 10.1. The summed E-state index contributed by atoms with van der Waals surface area (Å²) in [4.78, 5) is 12.5. The van der Waals surface area contributed by atoms with Gasteiger partial charge in [-0.25, -0.2) is 4.68 Å². The lowest BCUT2D eigenvalue weighted by Crippen LogP contribution is -2.16. The summed E-state index contributed by atoms with van der Waals surface area (Å²) in [6.07, 6.45) is 2.55. The van der Waals surface area contributed by atoms with Crippen LogP contribution < -0.4 is 24.3 Å². The van der Waals surface area contributed by atoms with Gasteiger partial charge in [0, 0.05) is 18.1 Å². The third kappa shape index (κ3) is 5.28. The molecule has 0 saturated heterocycles. The van der Waals surface area contributed by atoms with Crippen molar-refractivity contribution in [3.05, 3.63) is 59.8 Å². The zero-order chi connectivity index (χ0) is 22.2. The smallest absolute Gasteiger partial charge is 0.225 e. The Hall–Kier alpha value is -3.68. The number of amides is 1. The summed E-state index contributed by atoms with van der Waals surface area (Å²) < 4.78 is 23.1. The molecule has 0 radical (unpaired) electrons. The molecular weight excluding hydrogens is 398 g/mol. The maximum atomic E-state index is 12.5. The minimum Gasteiger partial charge on any atom is -0.493 e. The standard InChI is InChI=1S/C23H27N3O5/c1-28-18-10-8-16(14-20(18)30-3)9-11-22(27)25-21-12-13-24-26(21)15-17-6-5-7-19(29-2)23(17)31-4/h5-8,10,12-14H,9,11,15H2,1-4H3,(H,25,27). The minimum absolute atomic E-state index is 0.103. The third-order valence-corrected chi connectivity index (χ3v) is 4.88. The van der Waals surface area contributed by atoms with Crippen LogP contribution in [0.2, 0.25) is 0 Å². The SMILES string of the molecule is COc1ccc(CCC(=O)Nc2ccnn2Cc2cccc(OC)c2OC)cc1OC. The van der Waals surface area contributed by atoms with Crippen molar-refractivity contribution in [3.8, 4) is 23.0 Å². The predicted molar refractivity (Wildman–Crippen MR) is 117 cm³/mol. The van der Waals surface area contributed by atoms with Gasteiger partial charge in [-0.3, -0.25) is 4.79 Å². The molecule has 3 rings (SSSR count). The van der Waals surface area contributed by atoms with Crippen molar-refractivity contribution in [1.82, 2.24) is 9.78 Å². The van der Waals surface area contributed by atoms with Gasteiger partial charge in [0.2, 0.25) is 5.91 Å². The van der Waals surface area contributed by atoms with E-state index in [1.165, 1.54) is 0 Å². The Balaban J connectivity index is 1.65. The Labute approximate surface area is 181 Å². The highest BCUT2D eigenvalue weighted by Gasteiger charge is 2.14. The number of benzene rings is 2. The number of methoxy groups -OCH3 is 4. The van der Waals surface area contributed by atoms with Crippen molar-refractivity contribution >= 4 is 11.7 Å². The van der Waals surface area contributed by atoms with Crippen molar-refractivity contribution in [1.29, 1.82) is 0 Å². The van der Waals surface area contributed by atoms with Crippen LogP contribution in [0.25, 0.3) is 0 Å². The number of carbonyl (C=O) groups is 1. The van der Waals surface area contributed by atoms with Crippen LogP contribution in [-0.2, 0) is 17.8 Å². The Kier molecular flexibility index (Phi) is 7.37. The number of ether oxygens (including phenoxy) is 4. The molecule has 2 aromatic carbocycles. The van der Waals surface area contributed by atoms with Gasteiger partial charge >= 0.3 is 0 Å². The Morgan fingerprint density at radius 3 is 2.42 bits per heavy atom. The van der Waals surface area contributed by atoms with Crippen molar-refractivity contribution in [2.45, 2.75) is 19.4 Å². The van der Waals surface area contributed by atoms with E-state index in [-0.39, 0.29) is 5.91 Å². The van der Waals surface area contributed by atoms with Gasteiger partial charge in [0.15, 0.2) is 23.0 Å². The summed E-state index contributed by atoms with van der Waals surface area (Å²) in [7, 11) is 6.38. The highest BCUT2D eigenvalue weighted by molar-refractivity contribution is 5.90. The largest absolute Gasteiger partial charge is 0.493 e. The van der Waals surface area contributed by atoms with Crippen molar-refractivity contribution in [3.63, 3.8) is 0 Å². The normalized spacial score (nSPS) is 10.5. The van der Waals surface area contributed by atoms with Gasteiger partial charge in [0.05, 0.1) is 41.2 Å². The topological polar surface area (TPSA) is 83.8 Å². The molecule has 3 aromatic rings. The van der Waals surface area contributed by atoms with Crippen LogP contribution in [0.3, 0.4) is 0 Å². The molecule has 0 bridgehead atoms. The van der Waals surface area contributed by atoms with E-state index in [2.05, 4.69) is 10.4 Å². The summed E-state index contributed by atoms with van der Waals surface area (Å²) in [6.45, 7) is 0.429. The lowest BCUT2D eigenvalue weighted by Gasteiger charge is -2.14. The number of hydrogen-bond donors (Lipinski definition) is 1. The maximum absolute atomic E-state index is 12.5. The van der Waals surface area contributed by atoms with Gasteiger partial charge in [-0.1, -0.05) is 18.2 Å². The van der Waals surface area contributed by atoms with Gasteiger partial charge in [0.1, 0.15) is 5.82 Å². The van der Waals surface area contributed by atoms with Crippen LogP contribution in [0.4, 0.5) is 5.82 Å². The Morgan fingerprint density at radius 2 is 1.71 bits per heavy atom. The van der Waals surface area contributed by atoms with E-state index in [0.717, 1.165) is 11.1 Å². The van der Waals surface area contributed by atoms with E-state index < -0.39 is 0 Å². The van der Waals surface area contributed by atoms with Crippen molar-refractivity contribution in [2.24, 2.45) is 0 Å². The molecule has 0 aliphatic rings. The zero-order valence-electron chi connectivity index (χ0n) is 18.2. The molecule has 0 fully saturated rings. The molecule has 1 amide bonds. The third-order valence-electron chi connectivity index (χ3n) is 4.88. The quantitative estimate of drug-likeness (QED) is 0.535. The number of nitrogens with one attached hydrogen (secondary N) is 1. The molecule has 0 unspecified atom stereocenters. The van der Waals surface area contributed by atoms with Gasteiger partial charge in [-0.15, -0.1) is 0 Å². The molecule has 31 heavy (non-hydrogen) atoms. The zero-order valence-corrected chi connectivity index (χ0v) is 18.2. The first-order valence-corrected chi connectivity index (χ1v) is 9.82. The molecular formula is C23H27N3O5. The van der Waals surface area contributed by atoms with Gasteiger partial charge in [-0.2, -0.15) is 5.10 Å². The fourth-order valence-electron chi connectivity index (χ4n) is 3.30. The van der Waals surface area contributed by atoms with E-state index in [4.69, 9.17) is 18.9 Å². The summed E-state index contributed by atoms with van der Waals surface area (Å²) in [6, 6.07) is 13.1. The molecule has 0 aliphatic carbocycles. The van der Waals surface area contributed by atoms with Crippen LogP contribution in [0.5, 0.6) is 23.0 Å². The second-order valence-electron chi connectivity index (χ2n) is 6.76. The van der Waals surface area contributed by atoms with Gasteiger partial charge in [0.25, 0.3) is 0 Å². The Bertz CT molecular complexity index is 1030. The molecule has 1 heterocycles. The molecule has 0 atom stereocenters. The average Bonchev–Trinajstić information content (AvgIpc) is 3.23. The van der Waals surface area contributed by atoms with Crippen molar-refractivity contribution < 1.29 is 23.7 Å². The summed E-state index contributed by atoms with van der Waals surface area (Å²) in [5.41, 5.74) is 1.88. The van der Waals surface area contributed by atoms with E-state index in [9.17, 15) is 4.79 Å². The van der Waals surface area contributed by atoms with Crippen LogP contribution in [-0.4, -0.2) is 44.1 Å². The molecule has 0 saturated carbocycles. The second kappa shape index (κ2) is 10.4. The van der Waals surface area contributed by atoms with E-state index in [0.29, 0.717) is 48.2 Å². The molecule has 8 heteroatoms. The number of hydrogen-bond acceptors (Lipinski definition) is 6. The number of carbonyl (C=O) groups excluding carboxylic acids is 1. The van der Waals surface area contributed by atoms with E-state index in [1.807, 2.05) is 36.4 Å². The summed E-state index contributed by atoms with van der Waals surface area (Å²) in [5, 5.41) is 7.26. The molecule has 0 aliphatic heterocycles. The monoisotopic (exact) mass is 425 g/mol. The molecule has 164 valence electrons. The number of nitrogens with zero attached hydrogens (tertiary/aromatic N) is 2. The van der Waals surface area contributed by atoms with Gasteiger partial charge in [-0.05, 0) is 30.2 Å². The first kappa shape index (κ1) is 22.0. The number of anilines is 1. The van der Waals surface area contributed by atoms with Crippen LogP contribution >= 0.6 is 0 Å². The van der Waals surface area contributed by atoms with Crippen LogP contribution in [0.1, 0.15) is 17.5 Å². The summed E-state index contributed by atoms with van der Waals surface area (Å²) in [5.74, 6) is 3.11. The molecule has 1 N–H and O–H groups in total. The fourth-order valence-corrected chi connectivity index (χ4v) is 3.30. The number of rotatable bonds is 10. The van der Waals surface area contributed by atoms with Crippen LogP contribution in [0.15, 0.2) is 48.7 Å². The lowest BCUT2D eigenvalue weighted by molar-refractivity contribution is -0.116. The highest BCUT2D eigenvalue weighted by atomic mass is 16.5. The second-order valence-corrected chi connectivity index (χ2v) is 6.76. The minimum atomic E-state index is -0.103.